The lowest BCUT2D eigenvalue weighted by Gasteiger charge is -2.06. The first kappa shape index (κ1) is 21.8. The Morgan fingerprint density at radius 1 is 0.826 bits per heavy atom. The van der Waals surface area contributed by atoms with E-state index < -0.39 is 43.8 Å². The fourth-order valence-corrected chi connectivity index (χ4v) is 2.43. The van der Waals surface area contributed by atoms with Gasteiger partial charge in [0.15, 0.2) is 15.8 Å². The summed E-state index contributed by atoms with van der Waals surface area (Å²) in [5, 5.41) is 0. The van der Waals surface area contributed by atoms with Gasteiger partial charge in [0.1, 0.15) is 0 Å². The molecule has 136 valence electrons. The smallest absolute Gasteiger partial charge is 0.306 e. The van der Waals surface area contributed by atoms with E-state index in [1.165, 1.54) is 6.92 Å². The van der Waals surface area contributed by atoms with Crippen molar-refractivity contribution in [3.05, 3.63) is 0 Å². The van der Waals surface area contributed by atoms with Gasteiger partial charge in [0.2, 0.25) is 5.94 Å². The number of sulfone groups is 1. The van der Waals surface area contributed by atoms with Crippen LogP contribution in [-0.2, 0) is 43.2 Å². The van der Waals surface area contributed by atoms with Crippen LogP contribution in [0.5, 0.6) is 0 Å². The molecule has 0 rings (SSSR count). The number of ether oxygens (including phenoxy) is 2. The fourth-order valence-electron chi connectivity index (χ4n) is 1.38. The van der Waals surface area contributed by atoms with Gasteiger partial charge in [-0.1, -0.05) is 6.42 Å². The maximum atomic E-state index is 11.3. The maximum Gasteiger partial charge on any atom is 0.306 e. The zero-order chi connectivity index (χ0) is 17.9. The minimum Gasteiger partial charge on any atom is -0.449 e. The van der Waals surface area contributed by atoms with Gasteiger partial charge in [0.25, 0.3) is 0 Å². The molecule has 0 bridgehead atoms. The molecular formula is C12H22O9S2. The Kier molecular flexibility index (Phi) is 10.0. The van der Waals surface area contributed by atoms with Crippen LogP contribution < -0.4 is 0 Å². The monoisotopic (exact) mass is 374 g/mol. The van der Waals surface area contributed by atoms with Crippen LogP contribution in [0.25, 0.3) is 0 Å². The average Bonchev–Trinajstić information content (AvgIpc) is 2.42. The zero-order valence-corrected chi connectivity index (χ0v) is 14.8. The van der Waals surface area contributed by atoms with Crippen LogP contribution in [0.1, 0.15) is 39.0 Å². The highest BCUT2D eigenvalue weighted by molar-refractivity contribution is 7.90. The van der Waals surface area contributed by atoms with Crippen LogP contribution in [0, 0.1) is 0 Å². The molecule has 11 heteroatoms. The summed E-state index contributed by atoms with van der Waals surface area (Å²) in [6.07, 6.45) is 2.36. The predicted molar refractivity (Wildman–Crippen MR) is 80.4 cm³/mol. The second-order valence-electron chi connectivity index (χ2n) is 4.72. The Bertz CT molecular complexity index is 578. The van der Waals surface area contributed by atoms with Gasteiger partial charge >= 0.3 is 22.1 Å². The van der Waals surface area contributed by atoms with Crippen LogP contribution in [0.4, 0.5) is 0 Å². The van der Waals surface area contributed by atoms with Crippen LogP contribution >= 0.6 is 0 Å². The van der Waals surface area contributed by atoms with E-state index in [0.29, 0.717) is 19.3 Å². The normalized spacial score (nSPS) is 11.9. The minimum absolute atomic E-state index is 0.0139. The average molecular weight is 374 g/mol. The molecule has 0 saturated carbocycles. The second-order valence-corrected chi connectivity index (χ2v) is 8.39. The molecular weight excluding hydrogens is 352 g/mol. The highest BCUT2D eigenvalue weighted by atomic mass is 32.2. The molecule has 0 aromatic carbocycles. The number of esters is 2. The topological polar surface area (TPSA) is 130 Å². The third-order valence-corrected chi connectivity index (χ3v) is 3.90. The molecule has 0 aliphatic heterocycles. The Hall–Kier alpha value is -1.20. The molecule has 0 aliphatic carbocycles. The third kappa shape index (κ3) is 14.1. The van der Waals surface area contributed by atoms with E-state index in [4.69, 9.17) is 0 Å². The number of carbonyl (C=O) groups is 2. The molecule has 0 atom stereocenters. The van der Waals surface area contributed by atoms with Gasteiger partial charge in [0.05, 0.1) is 6.61 Å². The van der Waals surface area contributed by atoms with Crippen molar-refractivity contribution in [1.82, 2.24) is 0 Å². The van der Waals surface area contributed by atoms with Crippen LogP contribution in [-0.4, -0.2) is 53.5 Å². The molecule has 0 saturated heterocycles. The summed E-state index contributed by atoms with van der Waals surface area (Å²) in [4.78, 5) is 22.5. The molecule has 0 amide bonds. The maximum absolute atomic E-state index is 11.3. The van der Waals surface area contributed by atoms with E-state index in [2.05, 4.69) is 13.7 Å². The quantitative estimate of drug-likeness (QED) is 0.270. The van der Waals surface area contributed by atoms with E-state index >= 15 is 0 Å². The van der Waals surface area contributed by atoms with Crippen LogP contribution in [0.15, 0.2) is 0 Å². The molecule has 0 fully saturated rings. The van der Waals surface area contributed by atoms with Gasteiger partial charge in [-0.2, -0.15) is 8.42 Å². The lowest BCUT2D eigenvalue weighted by molar-refractivity contribution is -0.142. The molecule has 23 heavy (non-hydrogen) atoms. The van der Waals surface area contributed by atoms with Crippen LogP contribution in [0.2, 0.25) is 0 Å². The predicted octanol–water partition coefficient (Wildman–Crippen LogP) is 0.349. The highest BCUT2D eigenvalue weighted by Gasteiger charge is 2.14. The largest absolute Gasteiger partial charge is 0.449 e. The summed E-state index contributed by atoms with van der Waals surface area (Å²) in [5.41, 5.74) is 0. The van der Waals surface area contributed by atoms with Crippen molar-refractivity contribution in [2.45, 2.75) is 39.0 Å². The first-order valence-corrected chi connectivity index (χ1v) is 10.6. The zero-order valence-electron chi connectivity index (χ0n) is 13.1. The fraction of sp³-hybridized carbons (Fsp3) is 0.833. The molecule has 0 aromatic rings. The number of hydrogen-bond donors (Lipinski definition) is 0. The van der Waals surface area contributed by atoms with E-state index in [0.717, 1.165) is 6.26 Å². The number of unbranched alkanes of at least 4 members (excludes halogenated alkanes) is 2. The number of rotatable bonds is 12. The highest BCUT2D eigenvalue weighted by Crippen LogP contribution is 2.06. The van der Waals surface area contributed by atoms with Crippen molar-refractivity contribution >= 4 is 31.9 Å². The summed E-state index contributed by atoms with van der Waals surface area (Å²) in [7, 11) is -7.20. The van der Waals surface area contributed by atoms with Crippen molar-refractivity contribution in [2.24, 2.45) is 0 Å². The van der Waals surface area contributed by atoms with Crippen molar-refractivity contribution in [1.29, 1.82) is 0 Å². The first-order valence-electron chi connectivity index (χ1n) is 6.92. The van der Waals surface area contributed by atoms with E-state index in [9.17, 15) is 26.4 Å². The van der Waals surface area contributed by atoms with Crippen molar-refractivity contribution in [3.8, 4) is 0 Å². The van der Waals surface area contributed by atoms with Crippen molar-refractivity contribution in [3.63, 3.8) is 0 Å². The Morgan fingerprint density at radius 2 is 1.30 bits per heavy atom. The van der Waals surface area contributed by atoms with Gasteiger partial charge in [-0.05, 0) is 19.8 Å². The number of hydrogen-bond acceptors (Lipinski definition) is 9. The molecule has 0 heterocycles. The Labute approximate surface area is 136 Å². The molecule has 0 aliphatic rings. The van der Waals surface area contributed by atoms with Crippen molar-refractivity contribution in [2.75, 3.05) is 24.7 Å². The summed E-state index contributed by atoms with van der Waals surface area (Å²) in [5.74, 6) is -2.77. The third-order valence-electron chi connectivity index (χ3n) is 2.36. The van der Waals surface area contributed by atoms with Gasteiger partial charge < -0.3 is 9.47 Å². The second kappa shape index (κ2) is 10.6. The molecule has 0 unspecified atom stereocenters. The van der Waals surface area contributed by atoms with Crippen molar-refractivity contribution < 1.29 is 40.1 Å². The minimum atomic E-state index is -3.84. The molecule has 9 nitrogen and oxygen atoms in total. The summed E-state index contributed by atoms with van der Waals surface area (Å²) < 4.78 is 57.3. The molecule has 0 N–H and O–H groups in total. The van der Waals surface area contributed by atoms with Crippen LogP contribution in [0.3, 0.4) is 0 Å². The molecule has 0 aromatic heterocycles. The summed E-state index contributed by atoms with van der Waals surface area (Å²) in [6.45, 7) is 1.47. The number of carbonyl (C=O) groups excluding carboxylic acids is 2. The van der Waals surface area contributed by atoms with E-state index in [1.807, 2.05) is 0 Å². The molecule has 0 radical (unpaired) electrons. The van der Waals surface area contributed by atoms with E-state index in [-0.39, 0.29) is 19.4 Å². The first-order chi connectivity index (χ1) is 10.6. The summed E-state index contributed by atoms with van der Waals surface area (Å²) in [6, 6.07) is 0. The van der Waals surface area contributed by atoms with Gasteiger partial charge in [-0.3, -0.25) is 13.8 Å². The lowest BCUT2D eigenvalue weighted by Crippen LogP contribution is -2.16. The Morgan fingerprint density at radius 3 is 1.74 bits per heavy atom. The SMILES string of the molecule is CCOS(=O)(=O)COC(=O)CCCCCC(=O)OCS(C)(=O)=O. The van der Waals surface area contributed by atoms with Gasteiger partial charge in [-0.15, -0.1) is 0 Å². The van der Waals surface area contributed by atoms with Gasteiger partial charge in [0, 0.05) is 19.1 Å². The standard InChI is InChI=1S/C12H22O9S2/c1-3-21-23(17,18)10-20-12(14)8-6-4-5-7-11(13)19-9-22(2,15)16/h3-10H2,1-2H3. The van der Waals surface area contributed by atoms with Gasteiger partial charge in [-0.25, -0.2) is 8.42 Å². The Balaban J connectivity index is 3.72. The lowest BCUT2D eigenvalue weighted by atomic mass is 10.1. The van der Waals surface area contributed by atoms with E-state index in [1.54, 1.807) is 0 Å². The molecule has 0 spiro atoms. The summed E-state index contributed by atoms with van der Waals surface area (Å²) >= 11 is 0.